The van der Waals surface area contributed by atoms with E-state index in [1.165, 1.54) is 30.3 Å². The van der Waals surface area contributed by atoms with Gasteiger partial charge in [-0.15, -0.1) is 0 Å². The van der Waals surface area contributed by atoms with Crippen molar-refractivity contribution in [2.24, 2.45) is 0 Å². The van der Waals surface area contributed by atoms with E-state index in [2.05, 4.69) is 0 Å². The Bertz CT molecular complexity index is 739. The summed E-state index contributed by atoms with van der Waals surface area (Å²) in [5.74, 6) is -0.499. The van der Waals surface area contributed by atoms with Crippen molar-refractivity contribution in [1.82, 2.24) is 0 Å². The van der Waals surface area contributed by atoms with E-state index >= 15 is 0 Å². The largest absolute Gasteiger partial charge is 0.388 e. The molecule has 2 rings (SSSR count). The second-order valence-corrected chi connectivity index (χ2v) is 7.19. The van der Waals surface area contributed by atoms with E-state index in [0.29, 0.717) is 5.56 Å². The van der Waals surface area contributed by atoms with Crippen LogP contribution in [0.1, 0.15) is 17.2 Å². The van der Waals surface area contributed by atoms with Gasteiger partial charge >= 0.3 is 0 Å². The van der Waals surface area contributed by atoms with E-state index in [1.807, 2.05) is 0 Å². The second-order valence-electron chi connectivity index (χ2n) is 4.76. The van der Waals surface area contributed by atoms with Gasteiger partial charge < -0.3 is 5.11 Å². The molecule has 3 nitrogen and oxygen atoms in total. The zero-order chi connectivity index (χ0) is 15.6. The van der Waals surface area contributed by atoms with E-state index in [-0.39, 0.29) is 21.9 Å². The van der Waals surface area contributed by atoms with Gasteiger partial charge in [-0.2, -0.15) is 0 Å². The minimum atomic E-state index is -3.36. The predicted molar refractivity (Wildman–Crippen MR) is 79.6 cm³/mol. The molecule has 0 aliphatic rings. The molecule has 1 unspecified atom stereocenters. The van der Waals surface area contributed by atoms with Gasteiger partial charge in [0.2, 0.25) is 0 Å². The average molecular weight is 329 g/mol. The smallest absolute Gasteiger partial charge is 0.175 e. The Morgan fingerprint density at radius 1 is 1.24 bits per heavy atom. The fraction of sp³-hybridized carbons (Fsp3) is 0.200. The summed E-state index contributed by atoms with van der Waals surface area (Å²) in [6.07, 6.45) is 0.0198. The first-order chi connectivity index (χ1) is 9.79. The van der Waals surface area contributed by atoms with Gasteiger partial charge in [0.1, 0.15) is 5.82 Å². The monoisotopic (exact) mass is 328 g/mol. The van der Waals surface area contributed by atoms with Gasteiger partial charge in [-0.3, -0.25) is 0 Å². The molecule has 0 radical (unpaired) electrons. The van der Waals surface area contributed by atoms with Gasteiger partial charge in [0.05, 0.1) is 11.0 Å². The molecular formula is C15H14ClFO3S. The highest BCUT2D eigenvalue weighted by atomic mass is 35.5. The van der Waals surface area contributed by atoms with Crippen molar-refractivity contribution >= 4 is 21.4 Å². The molecule has 0 fully saturated rings. The number of halogens is 2. The van der Waals surface area contributed by atoms with Crippen LogP contribution in [-0.2, 0) is 16.3 Å². The summed E-state index contributed by atoms with van der Waals surface area (Å²) < 4.78 is 36.7. The Morgan fingerprint density at radius 2 is 1.90 bits per heavy atom. The Morgan fingerprint density at radius 3 is 2.52 bits per heavy atom. The number of aliphatic hydroxyl groups is 1. The summed E-state index contributed by atoms with van der Waals surface area (Å²) >= 11 is 5.92. The van der Waals surface area contributed by atoms with Crippen molar-refractivity contribution in [2.45, 2.75) is 17.4 Å². The topological polar surface area (TPSA) is 54.4 Å². The predicted octanol–water partition coefficient (Wildman–Crippen LogP) is 3.16. The number of sulfone groups is 1. The van der Waals surface area contributed by atoms with E-state index in [0.717, 1.165) is 6.26 Å². The van der Waals surface area contributed by atoms with Crippen molar-refractivity contribution < 1.29 is 17.9 Å². The van der Waals surface area contributed by atoms with Crippen LogP contribution in [0.15, 0.2) is 47.4 Å². The van der Waals surface area contributed by atoms with E-state index in [9.17, 15) is 17.9 Å². The van der Waals surface area contributed by atoms with Crippen LogP contribution >= 0.6 is 11.6 Å². The van der Waals surface area contributed by atoms with Gasteiger partial charge in [-0.25, -0.2) is 12.8 Å². The molecule has 1 N–H and O–H groups in total. The van der Waals surface area contributed by atoms with E-state index in [4.69, 9.17) is 11.6 Å². The molecule has 0 aliphatic carbocycles. The van der Waals surface area contributed by atoms with E-state index in [1.54, 1.807) is 12.1 Å². The number of benzene rings is 2. The maximum Gasteiger partial charge on any atom is 0.175 e. The van der Waals surface area contributed by atoms with Gasteiger partial charge in [0.25, 0.3) is 0 Å². The molecule has 0 heterocycles. The Labute approximate surface area is 127 Å². The van der Waals surface area contributed by atoms with Crippen molar-refractivity contribution in [3.8, 4) is 0 Å². The molecule has 2 aromatic rings. The molecule has 0 saturated heterocycles. The first-order valence-electron chi connectivity index (χ1n) is 6.20. The molecule has 112 valence electrons. The lowest BCUT2D eigenvalue weighted by Gasteiger charge is -2.13. The highest BCUT2D eigenvalue weighted by Gasteiger charge is 2.16. The van der Waals surface area contributed by atoms with Crippen LogP contribution in [0, 0.1) is 5.82 Å². The number of aliphatic hydroxyl groups excluding tert-OH is 1. The molecule has 21 heavy (non-hydrogen) atoms. The molecule has 0 aromatic heterocycles. The maximum absolute atomic E-state index is 13.7. The third kappa shape index (κ3) is 3.81. The fourth-order valence-electron chi connectivity index (χ4n) is 1.99. The summed E-state index contributed by atoms with van der Waals surface area (Å²) in [4.78, 5) is 0.110. The van der Waals surface area contributed by atoms with Gasteiger partial charge in [-0.05, 0) is 29.8 Å². The Balaban J connectivity index is 2.31. The van der Waals surface area contributed by atoms with Gasteiger partial charge in [0, 0.05) is 23.3 Å². The maximum atomic E-state index is 13.7. The zero-order valence-corrected chi connectivity index (χ0v) is 12.8. The lowest BCUT2D eigenvalue weighted by molar-refractivity contribution is 0.177. The van der Waals surface area contributed by atoms with Crippen LogP contribution in [0.5, 0.6) is 0 Å². The fourth-order valence-corrected chi connectivity index (χ4v) is 2.91. The zero-order valence-electron chi connectivity index (χ0n) is 11.3. The van der Waals surface area contributed by atoms with Crippen LogP contribution in [-0.4, -0.2) is 19.8 Å². The minimum absolute atomic E-state index is 0.0290. The second kappa shape index (κ2) is 6.13. The normalized spacial score (nSPS) is 13.1. The molecule has 0 amide bonds. The summed E-state index contributed by atoms with van der Waals surface area (Å²) in [7, 11) is -3.36. The molecule has 0 bridgehead atoms. The van der Waals surface area contributed by atoms with Crippen LogP contribution in [0.25, 0.3) is 0 Å². The number of hydrogen-bond donors (Lipinski definition) is 1. The molecular weight excluding hydrogens is 315 g/mol. The van der Waals surface area contributed by atoms with E-state index < -0.39 is 21.8 Å². The van der Waals surface area contributed by atoms with Crippen molar-refractivity contribution in [2.75, 3.05) is 6.26 Å². The summed E-state index contributed by atoms with van der Waals surface area (Å²) in [6.45, 7) is 0. The van der Waals surface area contributed by atoms with Crippen molar-refractivity contribution in [3.63, 3.8) is 0 Å². The third-order valence-corrected chi connectivity index (χ3v) is 4.59. The first-order valence-corrected chi connectivity index (χ1v) is 8.47. The lowest BCUT2D eigenvalue weighted by Crippen LogP contribution is -2.06. The summed E-state index contributed by atoms with van der Waals surface area (Å²) in [5.41, 5.74) is 0.605. The summed E-state index contributed by atoms with van der Waals surface area (Å²) in [6, 6.07) is 10.3. The Kier molecular flexibility index (Phi) is 4.66. The van der Waals surface area contributed by atoms with Crippen LogP contribution < -0.4 is 0 Å². The molecule has 2 aromatic carbocycles. The third-order valence-electron chi connectivity index (χ3n) is 3.13. The van der Waals surface area contributed by atoms with Gasteiger partial charge in [0.15, 0.2) is 9.84 Å². The molecule has 1 atom stereocenters. The van der Waals surface area contributed by atoms with Crippen molar-refractivity contribution in [1.29, 1.82) is 0 Å². The highest BCUT2D eigenvalue weighted by molar-refractivity contribution is 7.90. The minimum Gasteiger partial charge on any atom is -0.388 e. The van der Waals surface area contributed by atoms with Crippen LogP contribution in [0.3, 0.4) is 0 Å². The average Bonchev–Trinajstić information content (AvgIpc) is 2.42. The van der Waals surface area contributed by atoms with Crippen LogP contribution in [0.4, 0.5) is 4.39 Å². The molecule has 0 spiro atoms. The standard InChI is InChI=1S/C15H14ClFO3S/c1-21(19,20)11-5-2-4-10(8-11)15(18)9-12-13(16)6-3-7-14(12)17/h2-8,15,18H,9H2,1H3. The van der Waals surface area contributed by atoms with Crippen LogP contribution in [0.2, 0.25) is 5.02 Å². The highest BCUT2D eigenvalue weighted by Crippen LogP contribution is 2.26. The quantitative estimate of drug-likeness (QED) is 0.938. The summed E-state index contributed by atoms with van der Waals surface area (Å²) in [5, 5.41) is 10.4. The number of hydrogen-bond acceptors (Lipinski definition) is 3. The molecule has 0 saturated carbocycles. The molecule has 0 aliphatic heterocycles. The number of rotatable bonds is 4. The first kappa shape index (κ1) is 15.9. The SMILES string of the molecule is CS(=O)(=O)c1cccc(C(O)Cc2c(F)cccc2Cl)c1. The van der Waals surface area contributed by atoms with Crippen molar-refractivity contribution in [3.05, 3.63) is 64.4 Å². The Hall–Kier alpha value is -1.43. The lowest BCUT2D eigenvalue weighted by atomic mass is 10.0. The molecule has 6 heteroatoms. The van der Waals surface area contributed by atoms with Gasteiger partial charge in [-0.1, -0.05) is 29.8 Å².